The standard InChI is InChI=1S/C18H19ClN2O3/c1-5-7-24-17-15(19)9-13(10-16(17)23-6-2)8-14(11-20)18(22)21-12(3)4/h1,8-10,12H,6-7H2,2-4H3,(H,21,22)/b14-8-. The summed E-state index contributed by atoms with van der Waals surface area (Å²) in [5, 5.41) is 12.1. The molecule has 0 radical (unpaired) electrons. The van der Waals surface area contributed by atoms with E-state index < -0.39 is 5.91 Å². The smallest absolute Gasteiger partial charge is 0.262 e. The fourth-order valence-electron chi connectivity index (χ4n) is 1.84. The van der Waals surface area contributed by atoms with Gasteiger partial charge in [-0.25, -0.2) is 0 Å². The second-order valence-corrected chi connectivity index (χ2v) is 5.46. The van der Waals surface area contributed by atoms with E-state index in [1.165, 1.54) is 6.08 Å². The molecule has 0 aliphatic heterocycles. The molecule has 1 aromatic rings. The van der Waals surface area contributed by atoms with Gasteiger partial charge in [-0.3, -0.25) is 4.79 Å². The zero-order chi connectivity index (χ0) is 18.1. The summed E-state index contributed by atoms with van der Waals surface area (Å²) in [5.41, 5.74) is 0.520. The van der Waals surface area contributed by atoms with Gasteiger partial charge in [0.25, 0.3) is 5.91 Å². The lowest BCUT2D eigenvalue weighted by atomic mass is 10.1. The molecule has 5 nitrogen and oxygen atoms in total. The number of halogens is 1. The maximum atomic E-state index is 12.0. The molecule has 0 aliphatic rings. The van der Waals surface area contributed by atoms with Crippen LogP contribution in [0, 0.1) is 23.7 Å². The van der Waals surface area contributed by atoms with Gasteiger partial charge in [0, 0.05) is 6.04 Å². The highest BCUT2D eigenvalue weighted by atomic mass is 35.5. The maximum absolute atomic E-state index is 12.0. The van der Waals surface area contributed by atoms with E-state index in [0.717, 1.165) is 0 Å². The monoisotopic (exact) mass is 346 g/mol. The van der Waals surface area contributed by atoms with Crippen LogP contribution in [0.3, 0.4) is 0 Å². The van der Waals surface area contributed by atoms with E-state index in [1.54, 1.807) is 12.1 Å². The van der Waals surface area contributed by atoms with Crippen LogP contribution in [0.25, 0.3) is 6.08 Å². The molecule has 126 valence electrons. The lowest BCUT2D eigenvalue weighted by Gasteiger charge is -2.13. The Morgan fingerprint density at radius 1 is 1.46 bits per heavy atom. The summed E-state index contributed by atoms with van der Waals surface area (Å²) in [6.45, 7) is 5.89. The third-order valence-corrected chi connectivity index (χ3v) is 3.01. The van der Waals surface area contributed by atoms with Gasteiger partial charge in [0.15, 0.2) is 11.5 Å². The third kappa shape index (κ3) is 5.53. The zero-order valence-corrected chi connectivity index (χ0v) is 14.6. The molecule has 0 spiro atoms. The average molecular weight is 347 g/mol. The van der Waals surface area contributed by atoms with E-state index >= 15 is 0 Å². The Kier molecular flexibility index (Phi) is 7.68. The van der Waals surface area contributed by atoms with Crippen LogP contribution in [0.2, 0.25) is 5.02 Å². The van der Waals surface area contributed by atoms with Crippen molar-refractivity contribution < 1.29 is 14.3 Å². The highest BCUT2D eigenvalue weighted by molar-refractivity contribution is 6.32. The van der Waals surface area contributed by atoms with Crippen LogP contribution in [0.15, 0.2) is 17.7 Å². The minimum absolute atomic E-state index is 0.0282. The molecule has 1 rings (SSSR count). The lowest BCUT2D eigenvalue weighted by Crippen LogP contribution is -2.30. The van der Waals surface area contributed by atoms with E-state index in [4.69, 9.17) is 27.5 Å². The van der Waals surface area contributed by atoms with Gasteiger partial charge in [-0.1, -0.05) is 17.5 Å². The van der Waals surface area contributed by atoms with Crippen molar-refractivity contribution in [2.24, 2.45) is 0 Å². The molecule has 0 saturated heterocycles. The zero-order valence-electron chi connectivity index (χ0n) is 13.9. The summed E-state index contributed by atoms with van der Waals surface area (Å²) in [6.07, 6.45) is 6.63. The molecule has 0 fully saturated rings. The number of nitrogens with zero attached hydrogens (tertiary/aromatic N) is 1. The second kappa shape index (κ2) is 9.50. The van der Waals surface area contributed by atoms with Gasteiger partial charge in [-0.05, 0) is 44.5 Å². The van der Waals surface area contributed by atoms with Crippen LogP contribution < -0.4 is 14.8 Å². The van der Waals surface area contributed by atoms with E-state index in [9.17, 15) is 10.1 Å². The van der Waals surface area contributed by atoms with Gasteiger partial charge < -0.3 is 14.8 Å². The molecule has 0 atom stereocenters. The first-order chi connectivity index (χ1) is 11.4. The number of rotatable bonds is 7. The van der Waals surface area contributed by atoms with Crippen LogP contribution >= 0.6 is 11.6 Å². The SMILES string of the molecule is C#CCOc1c(Cl)cc(/C=C(/C#N)C(=O)NC(C)C)cc1OCC. The molecule has 24 heavy (non-hydrogen) atoms. The number of carbonyl (C=O) groups is 1. The minimum Gasteiger partial charge on any atom is -0.490 e. The Hall–Kier alpha value is -2.63. The number of nitrogens with one attached hydrogen (secondary N) is 1. The molecule has 0 heterocycles. The number of amides is 1. The Morgan fingerprint density at radius 3 is 2.71 bits per heavy atom. The Labute approximate surface area is 147 Å². The molecule has 6 heteroatoms. The number of benzene rings is 1. The van der Waals surface area contributed by atoms with E-state index in [-0.39, 0.29) is 23.2 Å². The highest BCUT2D eigenvalue weighted by Crippen LogP contribution is 2.37. The van der Waals surface area contributed by atoms with Crippen LogP contribution in [0.1, 0.15) is 26.3 Å². The summed E-state index contributed by atoms with van der Waals surface area (Å²) in [7, 11) is 0. The first-order valence-corrected chi connectivity index (χ1v) is 7.76. The first-order valence-electron chi connectivity index (χ1n) is 7.38. The molecule has 0 bridgehead atoms. The molecule has 0 saturated carbocycles. The molecule has 1 N–H and O–H groups in total. The highest BCUT2D eigenvalue weighted by Gasteiger charge is 2.14. The van der Waals surface area contributed by atoms with Gasteiger partial charge in [0.1, 0.15) is 18.2 Å². The molecule has 1 aromatic carbocycles. The molecular weight excluding hydrogens is 328 g/mol. The van der Waals surface area contributed by atoms with Gasteiger partial charge in [0.05, 0.1) is 11.6 Å². The minimum atomic E-state index is -0.450. The van der Waals surface area contributed by atoms with E-state index in [1.807, 2.05) is 26.8 Å². The van der Waals surface area contributed by atoms with Crippen LogP contribution in [-0.4, -0.2) is 25.2 Å². The summed E-state index contributed by atoms with van der Waals surface area (Å²) >= 11 is 6.21. The van der Waals surface area contributed by atoms with Gasteiger partial charge in [-0.15, -0.1) is 6.42 Å². The van der Waals surface area contributed by atoms with Crippen molar-refractivity contribution in [1.82, 2.24) is 5.32 Å². The Bertz CT molecular complexity index is 712. The average Bonchev–Trinajstić information content (AvgIpc) is 2.51. The maximum Gasteiger partial charge on any atom is 0.262 e. The summed E-state index contributed by atoms with van der Waals surface area (Å²) in [4.78, 5) is 12.0. The van der Waals surface area contributed by atoms with Crippen molar-refractivity contribution in [3.63, 3.8) is 0 Å². The summed E-state index contributed by atoms with van der Waals surface area (Å²) < 4.78 is 10.9. The van der Waals surface area contributed by atoms with Crippen molar-refractivity contribution in [3.8, 4) is 29.9 Å². The van der Waals surface area contributed by atoms with Crippen LogP contribution in [0.4, 0.5) is 0 Å². The number of ether oxygens (including phenoxy) is 2. The Balaban J connectivity index is 3.24. The predicted molar refractivity (Wildman–Crippen MR) is 93.8 cm³/mol. The van der Waals surface area contributed by atoms with E-state index in [0.29, 0.717) is 23.7 Å². The van der Waals surface area contributed by atoms with Gasteiger partial charge >= 0.3 is 0 Å². The molecule has 0 aromatic heterocycles. The number of nitriles is 1. The van der Waals surface area contributed by atoms with Crippen molar-refractivity contribution in [3.05, 3.63) is 28.3 Å². The van der Waals surface area contributed by atoms with Crippen molar-refractivity contribution >= 4 is 23.6 Å². The molecule has 0 unspecified atom stereocenters. The quantitative estimate of drug-likeness (QED) is 0.467. The first kappa shape index (κ1) is 19.4. The van der Waals surface area contributed by atoms with Gasteiger partial charge in [0.2, 0.25) is 0 Å². The lowest BCUT2D eigenvalue weighted by molar-refractivity contribution is -0.117. The molecule has 1 amide bonds. The number of hydrogen-bond donors (Lipinski definition) is 1. The number of terminal acetylenes is 1. The van der Waals surface area contributed by atoms with Crippen molar-refractivity contribution in [2.45, 2.75) is 26.8 Å². The third-order valence-electron chi connectivity index (χ3n) is 2.73. The largest absolute Gasteiger partial charge is 0.490 e. The predicted octanol–water partition coefficient (Wildman–Crippen LogP) is 3.18. The molecular formula is C18H19ClN2O3. The van der Waals surface area contributed by atoms with Gasteiger partial charge in [-0.2, -0.15) is 5.26 Å². The summed E-state index contributed by atoms with van der Waals surface area (Å²) in [6, 6.07) is 5.03. The normalized spacial score (nSPS) is 10.7. The fraction of sp³-hybridized carbons (Fsp3) is 0.333. The fourth-order valence-corrected chi connectivity index (χ4v) is 2.12. The number of carbonyl (C=O) groups excluding carboxylic acids is 1. The van der Waals surface area contributed by atoms with Crippen molar-refractivity contribution in [2.75, 3.05) is 13.2 Å². The molecule has 0 aliphatic carbocycles. The van der Waals surface area contributed by atoms with Crippen LogP contribution in [0.5, 0.6) is 11.5 Å². The second-order valence-electron chi connectivity index (χ2n) is 5.05. The van der Waals surface area contributed by atoms with Crippen molar-refractivity contribution in [1.29, 1.82) is 5.26 Å². The topological polar surface area (TPSA) is 71.3 Å². The van der Waals surface area contributed by atoms with Crippen LogP contribution in [-0.2, 0) is 4.79 Å². The number of hydrogen-bond acceptors (Lipinski definition) is 4. The Morgan fingerprint density at radius 2 is 2.17 bits per heavy atom. The van der Waals surface area contributed by atoms with E-state index in [2.05, 4.69) is 11.2 Å². The summed E-state index contributed by atoms with van der Waals surface area (Å²) in [5.74, 6) is 2.64.